The lowest BCUT2D eigenvalue weighted by Gasteiger charge is -2.42. The van der Waals surface area contributed by atoms with Crippen LogP contribution in [0.2, 0.25) is 0 Å². The van der Waals surface area contributed by atoms with Crippen molar-refractivity contribution in [2.75, 3.05) is 39.9 Å². The number of carbonyl (C=O) groups is 5. The van der Waals surface area contributed by atoms with Gasteiger partial charge in [0.1, 0.15) is 23.4 Å². The lowest BCUT2D eigenvalue weighted by atomic mass is 9.68. The van der Waals surface area contributed by atoms with Gasteiger partial charge in [-0.2, -0.15) is 0 Å². The molecular weight excluding hydrogens is 668 g/mol. The quantitative estimate of drug-likeness (QED) is 0.0497. The normalized spacial score (nSPS) is 26.8. The third kappa shape index (κ3) is 13.2. The molecule has 2 saturated heterocycles. The molecule has 13 nitrogen and oxygen atoms in total. The second kappa shape index (κ2) is 20.5. The molecule has 7 atom stereocenters. The molecule has 3 amide bonds. The number of methoxy groups -OCH3 is 1. The van der Waals surface area contributed by atoms with Gasteiger partial charge in [-0.25, -0.2) is 0 Å². The Bertz CT molecular complexity index is 1250. The molecule has 52 heavy (non-hydrogen) atoms. The Kier molecular flexibility index (Phi) is 17.2. The van der Waals surface area contributed by atoms with Gasteiger partial charge in [0.05, 0.1) is 37.8 Å². The molecule has 1 saturated carbocycles. The predicted octanol–water partition coefficient (Wildman–Crippen LogP) is 3.52. The zero-order valence-corrected chi connectivity index (χ0v) is 32.9. The Balaban J connectivity index is 1.25. The van der Waals surface area contributed by atoms with Gasteiger partial charge >= 0.3 is 5.97 Å². The van der Waals surface area contributed by atoms with Crippen LogP contribution in [0.1, 0.15) is 113 Å². The minimum atomic E-state index is -0.563. The number of ether oxygens (including phenoxy) is 4. The van der Waals surface area contributed by atoms with Gasteiger partial charge in [0.15, 0.2) is 5.78 Å². The first kappa shape index (κ1) is 43.5. The summed E-state index contributed by atoms with van der Waals surface area (Å²) in [5, 5.41) is 11.2. The van der Waals surface area contributed by atoms with Crippen molar-refractivity contribution in [3.63, 3.8) is 0 Å². The van der Waals surface area contributed by atoms with Crippen LogP contribution in [0.5, 0.6) is 0 Å². The zero-order valence-electron chi connectivity index (χ0n) is 32.9. The molecule has 1 spiro atoms. The second-order valence-corrected chi connectivity index (χ2v) is 15.8. The Hall–Kier alpha value is -2.87. The fraction of sp³-hybridized carbons (Fsp3) is 0.821. The molecule has 0 bridgehead atoms. The van der Waals surface area contributed by atoms with E-state index in [9.17, 15) is 24.0 Å². The van der Waals surface area contributed by atoms with Crippen LogP contribution in [0.15, 0.2) is 11.6 Å². The van der Waals surface area contributed by atoms with E-state index in [1.165, 1.54) is 5.57 Å². The summed E-state index contributed by atoms with van der Waals surface area (Å²) in [5.74, 6) is -1.36. The lowest BCUT2D eigenvalue weighted by molar-refractivity contribution is -0.172. The highest BCUT2D eigenvalue weighted by Crippen LogP contribution is 2.59. The zero-order chi connectivity index (χ0) is 38.5. The molecule has 2 aliphatic heterocycles. The predicted molar refractivity (Wildman–Crippen MR) is 197 cm³/mol. The van der Waals surface area contributed by atoms with E-state index in [0.717, 1.165) is 44.9 Å². The maximum absolute atomic E-state index is 12.8. The summed E-state index contributed by atoms with van der Waals surface area (Å²) < 4.78 is 24.3. The molecule has 3 fully saturated rings. The molecule has 4 N–H and O–H groups in total. The minimum Gasteiger partial charge on any atom is -0.460 e. The topological polar surface area (TPSA) is 177 Å². The second-order valence-electron chi connectivity index (χ2n) is 15.8. The number of rotatable bonds is 24. The van der Waals surface area contributed by atoms with Crippen molar-refractivity contribution < 1.29 is 42.9 Å². The summed E-state index contributed by atoms with van der Waals surface area (Å²) >= 11 is 0. The number of hydrogen-bond acceptors (Lipinski definition) is 10. The number of carbonyl (C=O) groups excluding carboxylic acids is 5. The molecule has 296 valence electrons. The Morgan fingerprint density at radius 2 is 1.58 bits per heavy atom. The fourth-order valence-electron chi connectivity index (χ4n) is 7.24. The van der Waals surface area contributed by atoms with Gasteiger partial charge in [0, 0.05) is 39.0 Å². The molecular formula is C39H66N4O9. The number of amides is 3. The standard InChI is InChI=1S/C39H66N4O9/c1-25(2)15-16-30-38(7,52-30)36-35(49-8)29(17-19-39(36)24-50-39)51-33(47)14-12-10-9-11-13-20-40-31(45)18-21-41-34(27(5)6)37(48)43-23-32(46)42-22-28(44)26(3)4/h15,26-27,29-30,34-36,41H,9-14,16-24H2,1-8H3,(H,40,45)(H,42,46)(H,43,48)/t29?,30-,34+,35?,36?,38?,39+/m1/s1. The van der Waals surface area contributed by atoms with Crippen LogP contribution in [0.25, 0.3) is 0 Å². The number of Topliss-reactive ketones (excluding diaryl/α,β-unsaturated/α-hetero) is 1. The maximum Gasteiger partial charge on any atom is 0.306 e. The summed E-state index contributed by atoms with van der Waals surface area (Å²) in [5.41, 5.74) is 0.657. The molecule has 4 unspecified atom stereocenters. The summed E-state index contributed by atoms with van der Waals surface area (Å²) in [6, 6.07) is -0.563. The molecule has 0 aromatic heterocycles. The number of allylic oxidation sites excluding steroid dienone is 1. The average molecular weight is 735 g/mol. The van der Waals surface area contributed by atoms with Crippen LogP contribution < -0.4 is 21.3 Å². The van der Waals surface area contributed by atoms with Gasteiger partial charge in [-0.1, -0.05) is 58.6 Å². The number of epoxide rings is 2. The van der Waals surface area contributed by atoms with E-state index in [0.29, 0.717) is 32.5 Å². The van der Waals surface area contributed by atoms with Crippen molar-refractivity contribution in [3.8, 4) is 0 Å². The molecule has 1 aliphatic carbocycles. The van der Waals surface area contributed by atoms with E-state index in [1.54, 1.807) is 21.0 Å². The van der Waals surface area contributed by atoms with Crippen molar-refractivity contribution in [2.45, 2.75) is 148 Å². The first-order chi connectivity index (χ1) is 24.6. The lowest BCUT2D eigenvalue weighted by Crippen LogP contribution is -2.55. The number of esters is 1. The maximum atomic E-state index is 12.8. The average Bonchev–Trinajstić information content (AvgIpc) is 4.01. The van der Waals surface area contributed by atoms with Crippen LogP contribution in [0.3, 0.4) is 0 Å². The Morgan fingerprint density at radius 1 is 0.885 bits per heavy atom. The Morgan fingerprint density at radius 3 is 2.21 bits per heavy atom. The van der Waals surface area contributed by atoms with E-state index in [-0.39, 0.29) is 90.3 Å². The number of ketones is 1. The molecule has 0 aromatic carbocycles. The van der Waals surface area contributed by atoms with Crippen molar-refractivity contribution >= 4 is 29.5 Å². The van der Waals surface area contributed by atoms with Gasteiger partial charge in [-0.15, -0.1) is 0 Å². The summed E-state index contributed by atoms with van der Waals surface area (Å²) in [7, 11) is 1.69. The molecule has 3 rings (SSSR count). The SMILES string of the molecule is COC1C(OC(=O)CCCCCCCNC(=O)CCN[C@H](C(=O)NCC(=O)NCC(=O)C(C)C)C(C)C)CC[C@]2(CO2)C1C1(C)O[C@@H]1CC=C(C)C. The minimum absolute atomic E-state index is 0.00740. The van der Waals surface area contributed by atoms with E-state index < -0.39 is 11.9 Å². The van der Waals surface area contributed by atoms with E-state index >= 15 is 0 Å². The smallest absolute Gasteiger partial charge is 0.306 e. The highest BCUT2D eigenvalue weighted by Gasteiger charge is 2.72. The van der Waals surface area contributed by atoms with Crippen molar-refractivity contribution in [2.24, 2.45) is 17.8 Å². The van der Waals surface area contributed by atoms with Gasteiger partial charge in [0.25, 0.3) is 0 Å². The summed E-state index contributed by atoms with van der Waals surface area (Å²) in [6.45, 7) is 14.9. The summed E-state index contributed by atoms with van der Waals surface area (Å²) in [6.07, 6.45) is 9.08. The summed E-state index contributed by atoms with van der Waals surface area (Å²) in [4.78, 5) is 61.5. The monoisotopic (exact) mass is 734 g/mol. The van der Waals surface area contributed by atoms with Crippen LogP contribution in [0.4, 0.5) is 0 Å². The van der Waals surface area contributed by atoms with E-state index in [2.05, 4.69) is 48.1 Å². The number of unbranched alkanes of at least 4 members (excludes halogenated alkanes) is 4. The third-order valence-electron chi connectivity index (χ3n) is 10.6. The van der Waals surface area contributed by atoms with Crippen LogP contribution >= 0.6 is 0 Å². The van der Waals surface area contributed by atoms with Gasteiger partial charge in [0.2, 0.25) is 17.7 Å². The van der Waals surface area contributed by atoms with Gasteiger partial charge < -0.3 is 40.2 Å². The largest absolute Gasteiger partial charge is 0.460 e. The van der Waals surface area contributed by atoms with E-state index in [4.69, 9.17) is 18.9 Å². The number of hydrogen-bond donors (Lipinski definition) is 4. The highest BCUT2D eigenvalue weighted by atomic mass is 16.6. The molecule has 0 aromatic rings. The van der Waals surface area contributed by atoms with Crippen LogP contribution in [0, 0.1) is 17.8 Å². The van der Waals surface area contributed by atoms with E-state index in [1.807, 2.05) is 13.8 Å². The first-order valence-corrected chi connectivity index (χ1v) is 19.4. The van der Waals surface area contributed by atoms with Crippen molar-refractivity contribution in [3.05, 3.63) is 11.6 Å². The fourth-order valence-corrected chi connectivity index (χ4v) is 7.24. The van der Waals surface area contributed by atoms with Crippen LogP contribution in [-0.4, -0.2) is 105 Å². The highest BCUT2D eigenvalue weighted by molar-refractivity contribution is 5.90. The Labute approximate surface area is 310 Å². The molecule has 13 heteroatoms. The van der Waals surface area contributed by atoms with Gasteiger partial charge in [-0.05, 0) is 58.8 Å². The van der Waals surface area contributed by atoms with Gasteiger partial charge in [-0.3, -0.25) is 24.0 Å². The van der Waals surface area contributed by atoms with Crippen molar-refractivity contribution in [1.82, 2.24) is 21.3 Å². The molecule has 2 heterocycles. The van der Waals surface area contributed by atoms with Crippen LogP contribution in [-0.2, 0) is 42.9 Å². The molecule has 0 radical (unpaired) electrons. The number of nitrogens with one attached hydrogen (secondary N) is 4. The van der Waals surface area contributed by atoms with Crippen molar-refractivity contribution in [1.29, 1.82) is 0 Å². The molecule has 3 aliphatic rings. The third-order valence-corrected chi connectivity index (χ3v) is 10.6. The first-order valence-electron chi connectivity index (χ1n) is 19.4.